The summed E-state index contributed by atoms with van der Waals surface area (Å²) >= 11 is 0. The van der Waals surface area contributed by atoms with Gasteiger partial charge in [-0.1, -0.05) is 18.2 Å². The topological polar surface area (TPSA) is 54.0 Å². The zero-order chi connectivity index (χ0) is 21.0. The highest BCUT2D eigenvalue weighted by Crippen LogP contribution is 2.38. The second-order valence-electron chi connectivity index (χ2n) is 8.64. The number of hydrogen-bond donors (Lipinski definition) is 1. The zero-order valence-corrected chi connectivity index (χ0v) is 18.0. The lowest BCUT2D eigenvalue weighted by Crippen LogP contribution is -2.33. The van der Waals surface area contributed by atoms with E-state index < -0.39 is 0 Å². The molecule has 0 bridgehead atoms. The Morgan fingerprint density at radius 3 is 2.61 bits per heavy atom. The Kier molecular flexibility index (Phi) is 5.98. The number of ether oxygens (including phenoxy) is 2. The number of para-hydroxylation sites is 2. The minimum atomic E-state index is 0.0490. The maximum Gasteiger partial charge on any atom is 0.238 e. The number of fused-ring (bicyclic) bond motifs is 1. The van der Waals surface area contributed by atoms with Crippen molar-refractivity contribution in [3.8, 4) is 11.5 Å². The van der Waals surface area contributed by atoms with Crippen LogP contribution in [0.25, 0.3) is 0 Å². The monoisotopic (exact) mass is 421 g/mol. The van der Waals surface area contributed by atoms with Gasteiger partial charge in [0.15, 0.2) is 11.5 Å². The zero-order valence-electron chi connectivity index (χ0n) is 18.0. The van der Waals surface area contributed by atoms with Crippen molar-refractivity contribution in [2.75, 3.05) is 49.6 Å². The number of carbonyl (C=O) groups is 1. The van der Waals surface area contributed by atoms with Crippen LogP contribution in [0.5, 0.6) is 11.5 Å². The first-order valence-electron chi connectivity index (χ1n) is 11.6. The molecule has 0 radical (unpaired) electrons. The van der Waals surface area contributed by atoms with Gasteiger partial charge in [0, 0.05) is 25.6 Å². The fourth-order valence-corrected chi connectivity index (χ4v) is 4.97. The van der Waals surface area contributed by atoms with Gasteiger partial charge in [0.2, 0.25) is 5.91 Å². The molecule has 2 fully saturated rings. The van der Waals surface area contributed by atoms with Crippen LogP contribution in [0.15, 0.2) is 42.5 Å². The molecule has 3 heterocycles. The predicted molar refractivity (Wildman–Crippen MR) is 122 cm³/mol. The van der Waals surface area contributed by atoms with Crippen molar-refractivity contribution >= 4 is 17.3 Å². The van der Waals surface area contributed by atoms with Gasteiger partial charge in [-0.2, -0.15) is 0 Å². The van der Waals surface area contributed by atoms with Crippen LogP contribution in [-0.4, -0.2) is 50.2 Å². The van der Waals surface area contributed by atoms with E-state index in [1.54, 1.807) is 0 Å². The number of hydrogen-bond acceptors (Lipinski definition) is 5. The highest BCUT2D eigenvalue weighted by Gasteiger charge is 2.29. The maximum absolute atomic E-state index is 13.0. The van der Waals surface area contributed by atoms with E-state index in [1.165, 1.54) is 18.4 Å². The van der Waals surface area contributed by atoms with Gasteiger partial charge in [0.25, 0.3) is 0 Å². The number of rotatable bonds is 5. The van der Waals surface area contributed by atoms with Crippen molar-refractivity contribution in [2.45, 2.75) is 38.1 Å². The largest absolute Gasteiger partial charge is 0.490 e. The van der Waals surface area contributed by atoms with Gasteiger partial charge >= 0.3 is 0 Å². The molecule has 0 aromatic heterocycles. The molecule has 6 heteroatoms. The van der Waals surface area contributed by atoms with Crippen molar-refractivity contribution in [2.24, 2.45) is 0 Å². The number of likely N-dealkylation sites (tertiary alicyclic amines) is 1. The molecule has 2 saturated heterocycles. The maximum atomic E-state index is 13.0. The molecule has 164 valence electrons. The molecule has 3 aliphatic heterocycles. The van der Waals surface area contributed by atoms with Crippen LogP contribution in [0.1, 0.15) is 43.7 Å². The Hall–Kier alpha value is -2.73. The minimum Gasteiger partial charge on any atom is -0.490 e. The Morgan fingerprint density at radius 2 is 1.74 bits per heavy atom. The third kappa shape index (κ3) is 4.49. The van der Waals surface area contributed by atoms with E-state index in [9.17, 15) is 4.79 Å². The first-order valence-corrected chi connectivity index (χ1v) is 11.6. The summed E-state index contributed by atoms with van der Waals surface area (Å²) in [7, 11) is 0. The Labute approximate surface area is 184 Å². The van der Waals surface area contributed by atoms with Crippen LogP contribution in [-0.2, 0) is 4.79 Å². The number of anilines is 2. The molecule has 6 nitrogen and oxygen atoms in total. The van der Waals surface area contributed by atoms with Gasteiger partial charge in [0.05, 0.1) is 31.1 Å². The molecule has 1 unspecified atom stereocenters. The van der Waals surface area contributed by atoms with E-state index in [-0.39, 0.29) is 11.9 Å². The summed E-state index contributed by atoms with van der Waals surface area (Å²) in [4.78, 5) is 17.6. The second-order valence-corrected chi connectivity index (χ2v) is 8.64. The molecule has 5 rings (SSSR count). The number of nitrogens with zero attached hydrogens (tertiary/aromatic N) is 2. The van der Waals surface area contributed by atoms with Crippen LogP contribution in [0, 0.1) is 0 Å². The average Bonchev–Trinajstić information content (AvgIpc) is 3.42. The second kappa shape index (κ2) is 9.18. The van der Waals surface area contributed by atoms with Crippen molar-refractivity contribution < 1.29 is 14.3 Å². The molecule has 2 aromatic carbocycles. The Balaban J connectivity index is 1.27. The lowest BCUT2D eigenvalue weighted by Gasteiger charge is -2.26. The highest BCUT2D eigenvalue weighted by molar-refractivity contribution is 5.95. The SMILES string of the molecule is O=C(CN1CCCC1c1ccc2c(c1)OCCCO2)Nc1ccccc1N1CCCC1. The van der Waals surface area contributed by atoms with Crippen molar-refractivity contribution in [3.63, 3.8) is 0 Å². The minimum absolute atomic E-state index is 0.0490. The number of nitrogens with one attached hydrogen (secondary N) is 1. The standard InChI is InChI=1S/C25H31N3O3/c29-25(26-20-7-1-2-8-22(20)27-12-3-4-13-27)18-28-14-5-9-21(28)19-10-11-23-24(17-19)31-16-6-15-30-23/h1-2,7-8,10-11,17,21H,3-6,9,12-16,18H2,(H,26,29). The van der Waals surface area contributed by atoms with Crippen molar-refractivity contribution in [1.82, 2.24) is 4.90 Å². The molecule has 1 amide bonds. The molecule has 0 aliphatic carbocycles. The van der Waals surface area contributed by atoms with E-state index in [4.69, 9.17) is 9.47 Å². The first-order chi connectivity index (χ1) is 15.3. The summed E-state index contributed by atoms with van der Waals surface area (Å²) in [6.07, 6.45) is 5.48. The molecule has 31 heavy (non-hydrogen) atoms. The summed E-state index contributed by atoms with van der Waals surface area (Å²) in [6.45, 7) is 4.83. The van der Waals surface area contributed by atoms with Crippen LogP contribution < -0.4 is 19.7 Å². The fourth-order valence-electron chi connectivity index (χ4n) is 4.97. The Bertz CT molecular complexity index is 926. The first kappa shape index (κ1) is 20.2. The number of amides is 1. The molecule has 1 atom stereocenters. The van der Waals surface area contributed by atoms with Crippen LogP contribution >= 0.6 is 0 Å². The summed E-state index contributed by atoms with van der Waals surface area (Å²) in [5, 5.41) is 3.18. The lowest BCUT2D eigenvalue weighted by molar-refractivity contribution is -0.117. The van der Waals surface area contributed by atoms with Crippen LogP contribution in [0.2, 0.25) is 0 Å². The van der Waals surface area contributed by atoms with E-state index in [0.717, 1.165) is 61.8 Å². The molecule has 3 aliphatic rings. The van der Waals surface area contributed by atoms with Gasteiger partial charge in [-0.25, -0.2) is 0 Å². The molecule has 1 N–H and O–H groups in total. The summed E-state index contributed by atoms with van der Waals surface area (Å²) in [5.41, 5.74) is 3.25. The Morgan fingerprint density at radius 1 is 0.935 bits per heavy atom. The summed E-state index contributed by atoms with van der Waals surface area (Å²) < 4.78 is 11.6. The van der Waals surface area contributed by atoms with E-state index in [1.807, 2.05) is 24.3 Å². The summed E-state index contributed by atoms with van der Waals surface area (Å²) in [5.74, 6) is 1.70. The molecule has 0 saturated carbocycles. The lowest BCUT2D eigenvalue weighted by atomic mass is 10.0. The van der Waals surface area contributed by atoms with Gasteiger partial charge in [-0.3, -0.25) is 9.69 Å². The average molecular weight is 422 g/mol. The van der Waals surface area contributed by atoms with Gasteiger partial charge in [-0.05, 0) is 62.1 Å². The fraction of sp³-hybridized carbons (Fsp3) is 0.480. The highest BCUT2D eigenvalue weighted by atomic mass is 16.5. The van der Waals surface area contributed by atoms with Crippen LogP contribution in [0.3, 0.4) is 0 Å². The van der Waals surface area contributed by atoms with Gasteiger partial charge in [-0.15, -0.1) is 0 Å². The van der Waals surface area contributed by atoms with E-state index in [0.29, 0.717) is 19.8 Å². The van der Waals surface area contributed by atoms with E-state index >= 15 is 0 Å². The molecular formula is C25H31N3O3. The number of benzene rings is 2. The smallest absolute Gasteiger partial charge is 0.238 e. The predicted octanol–water partition coefficient (Wildman–Crippen LogP) is 4.22. The third-order valence-corrected chi connectivity index (χ3v) is 6.49. The van der Waals surface area contributed by atoms with Crippen molar-refractivity contribution in [1.29, 1.82) is 0 Å². The molecule has 0 spiro atoms. The van der Waals surface area contributed by atoms with Crippen molar-refractivity contribution in [3.05, 3.63) is 48.0 Å². The van der Waals surface area contributed by atoms with Gasteiger partial charge < -0.3 is 19.7 Å². The van der Waals surface area contributed by atoms with Crippen LogP contribution in [0.4, 0.5) is 11.4 Å². The van der Waals surface area contributed by atoms with Gasteiger partial charge in [0.1, 0.15) is 0 Å². The summed E-state index contributed by atoms with van der Waals surface area (Å²) in [6, 6.07) is 14.6. The molecule has 2 aromatic rings. The quantitative estimate of drug-likeness (QED) is 0.783. The third-order valence-electron chi connectivity index (χ3n) is 6.49. The molecular weight excluding hydrogens is 390 g/mol. The normalized spacial score (nSPS) is 21.2. The number of carbonyl (C=O) groups excluding carboxylic acids is 1. The van der Waals surface area contributed by atoms with E-state index in [2.05, 4.69) is 33.3 Å².